The van der Waals surface area contributed by atoms with Crippen LogP contribution < -0.4 is 9.64 Å². The Morgan fingerprint density at radius 1 is 1.03 bits per heavy atom. The normalized spacial score (nSPS) is 19.0. The first-order valence-electron chi connectivity index (χ1n) is 12.1. The van der Waals surface area contributed by atoms with Gasteiger partial charge < -0.3 is 24.0 Å². The molecule has 0 radical (unpaired) electrons. The molecule has 3 aromatic rings. The van der Waals surface area contributed by atoms with Crippen molar-refractivity contribution in [2.75, 3.05) is 51.3 Å². The molecule has 2 amide bonds. The van der Waals surface area contributed by atoms with E-state index in [1.165, 1.54) is 0 Å². The molecule has 2 saturated heterocycles. The molecule has 0 spiro atoms. The quantitative estimate of drug-likeness (QED) is 0.555. The molecular formula is C26H32N4O3S. The van der Waals surface area contributed by atoms with E-state index in [9.17, 15) is 9.59 Å². The predicted octanol–water partition coefficient (Wildman–Crippen LogP) is 3.93. The van der Waals surface area contributed by atoms with Gasteiger partial charge in [0.1, 0.15) is 11.4 Å². The van der Waals surface area contributed by atoms with Gasteiger partial charge in [-0.3, -0.25) is 9.59 Å². The molecule has 0 bridgehead atoms. The van der Waals surface area contributed by atoms with Gasteiger partial charge in [0.15, 0.2) is 0 Å². The van der Waals surface area contributed by atoms with Crippen molar-refractivity contribution < 1.29 is 14.3 Å². The number of carbonyl (C=O) groups excluding carboxylic acids is 2. The summed E-state index contributed by atoms with van der Waals surface area (Å²) in [7, 11) is 1.67. The van der Waals surface area contributed by atoms with E-state index in [1.807, 2.05) is 28.0 Å². The Kier molecular flexibility index (Phi) is 6.50. The van der Waals surface area contributed by atoms with Crippen molar-refractivity contribution in [2.24, 2.45) is 5.92 Å². The molecule has 2 aliphatic heterocycles. The number of carbonyl (C=O) groups is 2. The number of methoxy groups -OCH3 is 1. The number of anilines is 1. The van der Waals surface area contributed by atoms with Crippen LogP contribution in [-0.4, -0.2) is 72.6 Å². The fourth-order valence-electron chi connectivity index (χ4n) is 5.26. The van der Waals surface area contributed by atoms with Crippen LogP contribution in [0.1, 0.15) is 30.3 Å². The van der Waals surface area contributed by atoms with Gasteiger partial charge in [-0.1, -0.05) is 0 Å². The standard InChI is InChI=1S/C26H32N4O3S/c1-3-30-22-10-16-34-24(22)17-23(30)26(32)29-11-4-5-19(18-29)25(31)28-14-12-27(13-15-28)20-6-8-21(33-2)9-7-20/h6-10,16-17,19H,3-5,11-15,18H2,1-2H3. The van der Waals surface area contributed by atoms with Gasteiger partial charge in [-0.15, -0.1) is 11.3 Å². The maximum absolute atomic E-state index is 13.4. The van der Waals surface area contributed by atoms with Crippen LogP contribution in [0, 0.1) is 5.92 Å². The van der Waals surface area contributed by atoms with E-state index in [1.54, 1.807) is 18.4 Å². The SMILES string of the molecule is CCn1c(C(=O)N2CCCC(C(=O)N3CCN(c4ccc(OC)cc4)CC3)C2)cc2sccc21. The number of aryl methyl sites for hydroxylation is 1. The number of benzene rings is 1. The number of amides is 2. The monoisotopic (exact) mass is 480 g/mol. The Bertz CT molecular complexity index is 1160. The van der Waals surface area contributed by atoms with Crippen LogP contribution in [0.5, 0.6) is 5.75 Å². The van der Waals surface area contributed by atoms with E-state index >= 15 is 0 Å². The van der Waals surface area contributed by atoms with Crippen molar-refractivity contribution in [1.82, 2.24) is 14.4 Å². The molecule has 1 aromatic carbocycles. The highest BCUT2D eigenvalue weighted by atomic mass is 32.1. The molecule has 34 heavy (non-hydrogen) atoms. The second-order valence-corrected chi connectivity index (χ2v) is 9.99. The third-order valence-corrected chi connectivity index (χ3v) is 8.00. The molecule has 5 rings (SSSR count). The van der Waals surface area contributed by atoms with Crippen LogP contribution in [0.4, 0.5) is 5.69 Å². The first-order chi connectivity index (χ1) is 16.6. The maximum Gasteiger partial charge on any atom is 0.270 e. The minimum absolute atomic E-state index is 0.0482. The van der Waals surface area contributed by atoms with Gasteiger partial charge in [-0.05, 0) is 61.5 Å². The fraction of sp³-hybridized carbons (Fsp3) is 0.462. The Morgan fingerprint density at radius 3 is 2.50 bits per heavy atom. The molecular weight excluding hydrogens is 448 g/mol. The van der Waals surface area contributed by atoms with E-state index in [0.29, 0.717) is 19.6 Å². The van der Waals surface area contributed by atoms with Crippen molar-refractivity contribution in [3.63, 3.8) is 0 Å². The number of hydrogen-bond donors (Lipinski definition) is 0. The highest BCUT2D eigenvalue weighted by Crippen LogP contribution is 2.28. The number of nitrogens with zero attached hydrogens (tertiary/aromatic N) is 4. The smallest absolute Gasteiger partial charge is 0.270 e. The summed E-state index contributed by atoms with van der Waals surface area (Å²) in [4.78, 5) is 33.0. The molecule has 4 heterocycles. The molecule has 1 atom stereocenters. The van der Waals surface area contributed by atoms with E-state index in [2.05, 4.69) is 40.0 Å². The third kappa shape index (κ3) is 4.27. The first kappa shape index (κ1) is 22.8. The Morgan fingerprint density at radius 2 is 1.79 bits per heavy atom. The van der Waals surface area contributed by atoms with Gasteiger partial charge in [0.2, 0.25) is 5.91 Å². The summed E-state index contributed by atoms with van der Waals surface area (Å²) in [6, 6.07) is 12.2. The van der Waals surface area contributed by atoms with Crippen LogP contribution in [-0.2, 0) is 11.3 Å². The lowest BCUT2D eigenvalue weighted by Gasteiger charge is -2.39. The molecule has 7 nitrogen and oxygen atoms in total. The van der Waals surface area contributed by atoms with Crippen molar-refractivity contribution in [1.29, 1.82) is 0 Å². The van der Waals surface area contributed by atoms with Crippen LogP contribution in [0.3, 0.4) is 0 Å². The molecule has 2 fully saturated rings. The third-order valence-electron chi connectivity index (χ3n) is 7.14. The fourth-order valence-corrected chi connectivity index (χ4v) is 6.08. The molecule has 8 heteroatoms. The summed E-state index contributed by atoms with van der Waals surface area (Å²) in [6.07, 6.45) is 1.72. The molecule has 0 N–H and O–H groups in total. The average molecular weight is 481 g/mol. The second kappa shape index (κ2) is 9.70. The largest absolute Gasteiger partial charge is 0.497 e. The number of rotatable bonds is 5. The summed E-state index contributed by atoms with van der Waals surface area (Å²) >= 11 is 1.66. The van der Waals surface area contributed by atoms with Crippen molar-refractivity contribution in [3.8, 4) is 5.75 Å². The van der Waals surface area contributed by atoms with E-state index in [-0.39, 0.29) is 17.7 Å². The maximum atomic E-state index is 13.4. The minimum atomic E-state index is -0.114. The number of ether oxygens (including phenoxy) is 1. The molecule has 0 saturated carbocycles. The average Bonchev–Trinajstić information content (AvgIpc) is 3.49. The van der Waals surface area contributed by atoms with Crippen LogP contribution in [0.15, 0.2) is 41.8 Å². The molecule has 0 aliphatic carbocycles. The topological polar surface area (TPSA) is 58.0 Å². The second-order valence-electron chi connectivity index (χ2n) is 9.04. The number of thiophene rings is 1. The van der Waals surface area contributed by atoms with Gasteiger partial charge in [0.05, 0.1) is 23.2 Å². The summed E-state index contributed by atoms with van der Waals surface area (Å²) in [5.74, 6) is 0.974. The number of likely N-dealkylation sites (tertiary alicyclic amines) is 1. The Labute approximate surface area is 204 Å². The highest BCUT2D eigenvalue weighted by molar-refractivity contribution is 7.17. The van der Waals surface area contributed by atoms with Gasteiger partial charge in [-0.25, -0.2) is 0 Å². The Hall–Kier alpha value is -3.00. The zero-order valence-electron chi connectivity index (χ0n) is 19.9. The van der Waals surface area contributed by atoms with Crippen molar-refractivity contribution >= 4 is 39.1 Å². The number of fused-ring (bicyclic) bond motifs is 1. The van der Waals surface area contributed by atoms with Crippen LogP contribution in [0.25, 0.3) is 10.2 Å². The zero-order valence-corrected chi connectivity index (χ0v) is 20.7. The lowest BCUT2D eigenvalue weighted by molar-refractivity contribution is -0.137. The van der Waals surface area contributed by atoms with Gasteiger partial charge >= 0.3 is 0 Å². The number of aromatic nitrogens is 1. The van der Waals surface area contributed by atoms with Crippen molar-refractivity contribution in [2.45, 2.75) is 26.3 Å². The lowest BCUT2D eigenvalue weighted by atomic mass is 9.96. The van der Waals surface area contributed by atoms with Crippen molar-refractivity contribution in [3.05, 3.63) is 47.5 Å². The van der Waals surface area contributed by atoms with Gasteiger partial charge in [0, 0.05) is 51.5 Å². The first-order valence-corrected chi connectivity index (χ1v) is 13.0. The van der Waals surface area contributed by atoms with E-state index in [0.717, 1.165) is 66.4 Å². The number of hydrogen-bond acceptors (Lipinski definition) is 5. The summed E-state index contributed by atoms with van der Waals surface area (Å²) in [5, 5.41) is 2.06. The predicted molar refractivity (Wildman–Crippen MR) is 136 cm³/mol. The van der Waals surface area contributed by atoms with Gasteiger partial charge in [-0.2, -0.15) is 0 Å². The molecule has 2 aliphatic rings. The molecule has 2 aromatic heterocycles. The van der Waals surface area contributed by atoms with Gasteiger partial charge in [0.25, 0.3) is 5.91 Å². The Balaban J connectivity index is 1.21. The van der Waals surface area contributed by atoms with Crippen LogP contribution >= 0.6 is 11.3 Å². The number of piperazine rings is 1. The summed E-state index contributed by atoms with van der Waals surface area (Å²) in [5.41, 5.74) is 3.02. The zero-order chi connectivity index (χ0) is 23.7. The minimum Gasteiger partial charge on any atom is -0.497 e. The summed E-state index contributed by atoms with van der Waals surface area (Å²) < 4.78 is 8.49. The molecule has 1 unspecified atom stereocenters. The highest BCUT2D eigenvalue weighted by Gasteiger charge is 2.33. The van der Waals surface area contributed by atoms with E-state index in [4.69, 9.17) is 4.74 Å². The number of piperidine rings is 1. The van der Waals surface area contributed by atoms with E-state index < -0.39 is 0 Å². The lowest BCUT2D eigenvalue weighted by Crippen LogP contribution is -2.53. The molecule has 180 valence electrons. The summed E-state index contributed by atoms with van der Waals surface area (Å²) in [6.45, 7) is 7.12. The van der Waals surface area contributed by atoms with Crippen LogP contribution in [0.2, 0.25) is 0 Å².